The molecule has 0 aliphatic carbocycles. The van der Waals surface area contributed by atoms with Gasteiger partial charge in [0.05, 0.1) is 12.1 Å². The van der Waals surface area contributed by atoms with Gasteiger partial charge in [0, 0.05) is 11.9 Å². The van der Waals surface area contributed by atoms with Crippen molar-refractivity contribution in [3.8, 4) is 0 Å². The number of pyridine rings is 1. The summed E-state index contributed by atoms with van der Waals surface area (Å²) in [5.74, 6) is -0.0988. The van der Waals surface area contributed by atoms with Crippen LogP contribution in [0.1, 0.15) is 30.0 Å². The number of aromatic nitrogens is 1. The summed E-state index contributed by atoms with van der Waals surface area (Å²) in [6.07, 6.45) is 2.58. The highest BCUT2D eigenvalue weighted by Crippen LogP contribution is 2.30. The first-order valence-corrected chi connectivity index (χ1v) is 10.3. The number of nitrogens with zero attached hydrogens (tertiary/aromatic N) is 3. The molecular formula is C25H24N4O2. The molecule has 4 rings (SSSR count). The Morgan fingerprint density at radius 2 is 1.90 bits per heavy atom. The number of anilines is 2. The Morgan fingerprint density at radius 1 is 1.10 bits per heavy atom. The Morgan fingerprint density at radius 3 is 2.68 bits per heavy atom. The molecule has 0 fully saturated rings. The van der Waals surface area contributed by atoms with Gasteiger partial charge in [-0.1, -0.05) is 48.9 Å². The van der Waals surface area contributed by atoms with Gasteiger partial charge in [0.1, 0.15) is 12.2 Å². The molecule has 0 atom stereocenters. The number of carbonyl (C=O) groups excluding carboxylic acids is 2. The quantitative estimate of drug-likeness (QED) is 0.673. The van der Waals surface area contributed by atoms with Gasteiger partial charge in [-0.25, -0.2) is 9.98 Å². The van der Waals surface area contributed by atoms with Crippen molar-refractivity contribution in [3.63, 3.8) is 0 Å². The number of hydrogen-bond acceptors (Lipinski definition) is 4. The lowest BCUT2D eigenvalue weighted by molar-refractivity contribution is -0.120. The van der Waals surface area contributed by atoms with Crippen LogP contribution in [-0.4, -0.2) is 29.1 Å². The summed E-state index contributed by atoms with van der Waals surface area (Å²) >= 11 is 0. The van der Waals surface area contributed by atoms with Gasteiger partial charge in [-0.15, -0.1) is 0 Å². The molecule has 0 saturated carbocycles. The minimum absolute atomic E-state index is 0.0953. The van der Waals surface area contributed by atoms with E-state index in [1.165, 1.54) is 4.90 Å². The normalized spacial score (nSPS) is 13.3. The zero-order valence-corrected chi connectivity index (χ0v) is 17.6. The van der Waals surface area contributed by atoms with Crippen molar-refractivity contribution in [1.82, 2.24) is 4.98 Å². The Balaban J connectivity index is 1.59. The minimum Gasteiger partial charge on any atom is -0.325 e. The molecule has 0 saturated heterocycles. The summed E-state index contributed by atoms with van der Waals surface area (Å²) in [4.78, 5) is 36.4. The molecular weight excluding hydrogens is 388 g/mol. The number of benzene rings is 2. The van der Waals surface area contributed by atoms with E-state index in [2.05, 4.69) is 17.2 Å². The zero-order chi connectivity index (χ0) is 21.8. The molecule has 2 amide bonds. The maximum Gasteiger partial charge on any atom is 0.244 e. The van der Waals surface area contributed by atoms with Gasteiger partial charge < -0.3 is 5.32 Å². The van der Waals surface area contributed by atoms with Crippen molar-refractivity contribution in [3.05, 3.63) is 83.6 Å². The van der Waals surface area contributed by atoms with Crippen molar-refractivity contribution in [1.29, 1.82) is 0 Å². The van der Waals surface area contributed by atoms with Gasteiger partial charge in [-0.05, 0) is 48.7 Å². The third-order valence-electron chi connectivity index (χ3n) is 5.20. The van der Waals surface area contributed by atoms with E-state index in [1.54, 1.807) is 12.3 Å². The fraction of sp³-hybridized carbons (Fsp3) is 0.200. The average molecular weight is 412 g/mol. The smallest absolute Gasteiger partial charge is 0.244 e. The lowest BCUT2D eigenvalue weighted by atomic mass is 10.1. The SMILES string of the molecule is CCc1cccc(NC(=O)CN2C(=O)CC(c3ccc(C)cc3)=Nc3cccnc32)c1. The Hall–Kier alpha value is -3.80. The first kappa shape index (κ1) is 20.5. The highest BCUT2D eigenvalue weighted by molar-refractivity contribution is 6.18. The number of aliphatic imine (C=N–C) groups is 1. The van der Waals surface area contributed by atoms with Crippen LogP contribution in [-0.2, 0) is 16.0 Å². The monoisotopic (exact) mass is 412 g/mol. The van der Waals surface area contributed by atoms with Crippen molar-refractivity contribution in [2.45, 2.75) is 26.7 Å². The summed E-state index contributed by atoms with van der Waals surface area (Å²) in [6.45, 7) is 3.95. The van der Waals surface area contributed by atoms with Crippen LogP contribution in [0.15, 0.2) is 71.9 Å². The molecule has 3 aromatic rings. The fourth-order valence-electron chi connectivity index (χ4n) is 3.51. The van der Waals surface area contributed by atoms with E-state index >= 15 is 0 Å². The van der Waals surface area contributed by atoms with Crippen LogP contribution in [0.4, 0.5) is 17.2 Å². The summed E-state index contributed by atoms with van der Waals surface area (Å²) < 4.78 is 0. The standard InChI is InChI=1S/C25H24N4O2/c1-3-18-6-4-7-20(14-18)27-23(30)16-29-24(31)15-22(19-11-9-17(2)10-12-19)28-21-8-5-13-26-25(21)29/h4-14H,3,15-16H2,1-2H3,(H,27,30). The molecule has 2 aromatic carbocycles. The number of amides is 2. The van der Waals surface area contributed by atoms with Crippen LogP contribution in [0.2, 0.25) is 0 Å². The van der Waals surface area contributed by atoms with E-state index in [4.69, 9.17) is 4.99 Å². The van der Waals surface area contributed by atoms with E-state index in [1.807, 2.05) is 61.5 Å². The first-order chi connectivity index (χ1) is 15.0. The van der Waals surface area contributed by atoms with Gasteiger partial charge in [0.15, 0.2) is 5.82 Å². The van der Waals surface area contributed by atoms with Crippen molar-refractivity contribution < 1.29 is 9.59 Å². The molecule has 2 heterocycles. The van der Waals surface area contributed by atoms with E-state index < -0.39 is 0 Å². The minimum atomic E-state index is -0.281. The second-order valence-corrected chi connectivity index (χ2v) is 7.53. The number of carbonyl (C=O) groups is 2. The lowest BCUT2D eigenvalue weighted by Crippen LogP contribution is -2.39. The Labute approximate surface area is 181 Å². The molecule has 0 spiro atoms. The zero-order valence-electron chi connectivity index (χ0n) is 17.6. The van der Waals surface area contributed by atoms with Gasteiger partial charge in [0.2, 0.25) is 11.8 Å². The second-order valence-electron chi connectivity index (χ2n) is 7.53. The van der Waals surface area contributed by atoms with Gasteiger partial charge >= 0.3 is 0 Å². The Bertz CT molecular complexity index is 1150. The topological polar surface area (TPSA) is 74.7 Å². The number of fused-ring (bicyclic) bond motifs is 1. The van der Waals surface area contributed by atoms with E-state index in [0.29, 0.717) is 22.9 Å². The molecule has 1 N–H and O–H groups in total. The van der Waals surface area contributed by atoms with E-state index in [9.17, 15) is 9.59 Å². The average Bonchev–Trinajstić information content (AvgIpc) is 2.91. The van der Waals surface area contributed by atoms with Gasteiger partial charge in [-0.2, -0.15) is 0 Å². The molecule has 1 aliphatic heterocycles. The number of nitrogens with one attached hydrogen (secondary N) is 1. The third kappa shape index (κ3) is 4.69. The van der Waals surface area contributed by atoms with Crippen LogP contribution < -0.4 is 10.2 Å². The summed E-state index contributed by atoms with van der Waals surface area (Å²) in [5.41, 5.74) is 5.10. The molecule has 0 bridgehead atoms. The molecule has 0 unspecified atom stereocenters. The molecule has 1 aliphatic rings. The number of rotatable bonds is 5. The van der Waals surface area contributed by atoms with E-state index in [-0.39, 0.29) is 24.8 Å². The van der Waals surface area contributed by atoms with Crippen molar-refractivity contribution in [2.24, 2.45) is 4.99 Å². The first-order valence-electron chi connectivity index (χ1n) is 10.3. The summed E-state index contributed by atoms with van der Waals surface area (Å²) in [6, 6.07) is 19.2. The largest absolute Gasteiger partial charge is 0.325 e. The van der Waals surface area contributed by atoms with Gasteiger partial charge in [0.25, 0.3) is 0 Å². The molecule has 156 valence electrons. The van der Waals surface area contributed by atoms with Crippen LogP contribution in [0.25, 0.3) is 0 Å². The molecule has 1 aromatic heterocycles. The van der Waals surface area contributed by atoms with Crippen LogP contribution in [0.3, 0.4) is 0 Å². The second kappa shape index (κ2) is 8.92. The predicted molar refractivity (Wildman–Crippen MR) is 123 cm³/mol. The number of aryl methyl sites for hydroxylation is 2. The van der Waals surface area contributed by atoms with Crippen molar-refractivity contribution >= 4 is 34.7 Å². The van der Waals surface area contributed by atoms with E-state index in [0.717, 1.165) is 23.1 Å². The molecule has 31 heavy (non-hydrogen) atoms. The Kier molecular flexibility index (Phi) is 5.89. The van der Waals surface area contributed by atoms with Crippen LogP contribution in [0, 0.1) is 6.92 Å². The summed E-state index contributed by atoms with van der Waals surface area (Å²) in [5, 5.41) is 2.89. The summed E-state index contributed by atoms with van der Waals surface area (Å²) in [7, 11) is 0. The maximum atomic E-state index is 13.1. The molecule has 6 nitrogen and oxygen atoms in total. The lowest BCUT2D eigenvalue weighted by Gasteiger charge is -2.20. The van der Waals surface area contributed by atoms with Crippen LogP contribution >= 0.6 is 0 Å². The van der Waals surface area contributed by atoms with Gasteiger partial charge in [-0.3, -0.25) is 14.5 Å². The maximum absolute atomic E-state index is 13.1. The van der Waals surface area contributed by atoms with Crippen molar-refractivity contribution in [2.75, 3.05) is 16.8 Å². The number of hydrogen-bond donors (Lipinski definition) is 1. The molecule has 6 heteroatoms. The van der Waals surface area contributed by atoms with Crippen LogP contribution in [0.5, 0.6) is 0 Å². The third-order valence-corrected chi connectivity index (χ3v) is 5.20. The predicted octanol–water partition coefficient (Wildman–Crippen LogP) is 4.45. The highest BCUT2D eigenvalue weighted by Gasteiger charge is 2.27. The highest BCUT2D eigenvalue weighted by atomic mass is 16.2. The fourth-order valence-corrected chi connectivity index (χ4v) is 3.51. The molecule has 0 radical (unpaired) electrons.